The van der Waals surface area contributed by atoms with Gasteiger partial charge in [0.05, 0.1) is 16.8 Å². The van der Waals surface area contributed by atoms with Crippen molar-refractivity contribution in [3.8, 4) is 0 Å². The first-order valence-corrected chi connectivity index (χ1v) is 5.87. The molecule has 2 aromatic heterocycles. The molecule has 1 unspecified atom stereocenters. The summed E-state index contributed by atoms with van der Waals surface area (Å²) in [5, 5.41) is 7.11. The molecular formula is C12H13ClFN3O. The Labute approximate surface area is 109 Å². The van der Waals surface area contributed by atoms with E-state index >= 15 is 0 Å². The van der Waals surface area contributed by atoms with Crippen molar-refractivity contribution in [2.45, 2.75) is 26.8 Å². The van der Waals surface area contributed by atoms with Crippen LogP contribution in [0.2, 0.25) is 5.02 Å². The molecule has 0 aromatic carbocycles. The van der Waals surface area contributed by atoms with Crippen molar-refractivity contribution >= 4 is 17.4 Å². The zero-order valence-corrected chi connectivity index (χ0v) is 11.0. The molecule has 0 aliphatic carbocycles. The van der Waals surface area contributed by atoms with Crippen LogP contribution in [-0.4, -0.2) is 10.1 Å². The van der Waals surface area contributed by atoms with Gasteiger partial charge in [0.1, 0.15) is 5.76 Å². The van der Waals surface area contributed by atoms with Crippen molar-refractivity contribution in [3.05, 3.63) is 40.1 Å². The van der Waals surface area contributed by atoms with E-state index in [4.69, 9.17) is 16.1 Å². The van der Waals surface area contributed by atoms with Gasteiger partial charge in [-0.05, 0) is 26.8 Å². The SMILES string of the molecule is Cc1noc(C)c1C(C)Nc1ncc(Cl)cc1F. The van der Waals surface area contributed by atoms with E-state index in [2.05, 4.69) is 15.5 Å². The van der Waals surface area contributed by atoms with Crippen LogP contribution in [0.3, 0.4) is 0 Å². The van der Waals surface area contributed by atoms with Crippen molar-refractivity contribution in [3.63, 3.8) is 0 Å². The third kappa shape index (κ3) is 2.46. The van der Waals surface area contributed by atoms with Crippen molar-refractivity contribution < 1.29 is 8.91 Å². The van der Waals surface area contributed by atoms with Gasteiger partial charge in [-0.15, -0.1) is 0 Å². The van der Waals surface area contributed by atoms with Gasteiger partial charge in [-0.25, -0.2) is 9.37 Å². The Morgan fingerprint density at radius 2 is 2.17 bits per heavy atom. The highest BCUT2D eigenvalue weighted by atomic mass is 35.5. The molecule has 2 rings (SSSR count). The second-order valence-corrected chi connectivity index (χ2v) is 4.52. The number of rotatable bonds is 3. The predicted octanol–water partition coefficient (Wildman–Crippen LogP) is 3.65. The predicted molar refractivity (Wildman–Crippen MR) is 67.2 cm³/mol. The highest BCUT2D eigenvalue weighted by Crippen LogP contribution is 2.25. The van der Waals surface area contributed by atoms with Crippen molar-refractivity contribution in [1.82, 2.24) is 10.1 Å². The molecular weight excluding hydrogens is 257 g/mol. The number of hydrogen-bond acceptors (Lipinski definition) is 4. The zero-order valence-electron chi connectivity index (χ0n) is 10.3. The molecule has 0 fully saturated rings. The van der Waals surface area contributed by atoms with Crippen LogP contribution in [0.25, 0.3) is 0 Å². The summed E-state index contributed by atoms with van der Waals surface area (Å²) in [6.45, 7) is 5.55. The Balaban J connectivity index is 2.24. The number of anilines is 1. The maximum Gasteiger partial charge on any atom is 0.166 e. The topological polar surface area (TPSA) is 51.0 Å². The van der Waals surface area contributed by atoms with Gasteiger partial charge in [0.2, 0.25) is 0 Å². The Kier molecular flexibility index (Phi) is 3.52. The third-order valence-electron chi connectivity index (χ3n) is 2.68. The quantitative estimate of drug-likeness (QED) is 0.924. The molecule has 0 saturated carbocycles. The average molecular weight is 270 g/mol. The highest BCUT2D eigenvalue weighted by molar-refractivity contribution is 6.30. The average Bonchev–Trinajstić information content (AvgIpc) is 2.62. The van der Waals surface area contributed by atoms with Crippen LogP contribution in [0.1, 0.15) is 30.0 Å². The van der Waals surface area contributed by atoms with Gasteiger partial charge in [-0.2, -0.15) is 0 Å². The molecule has 96 valence electrons. The zero-order chi connectivity index (χ0) is 13.3. The molecule has 0 bridgehead atoms. The first-order chi connectivity index (χ1) is 8.49. The fourth-order valence-electron chi connectivity index (χ4n) is 1.91. The minimum atomic E-state index is -0.485. The van der Waals surface area contributed by atoms with Crippen molar-refractivity contribution in [1.29, 1.82) is 0 Å². The van der Waals surface area contributed by atoms with E-state index in [-0.39, 0.29) is 16.9 Å². The van der Waals surface area contributed by atoms with Gasteiger partial charge in [0.15, 0.2) is 11.6 Å². The largest absolute Gasteiger partial charge is 0.361 e. The molecule has 18 heavy (non-hydrogen) atoms. The van der Waals surface area contributed by atoms with Gasteiger partial charge in [-0.3, -0.25) is 0 Å². The molecule has 4 nitrogen and oxygen atoms in total. The molecule has 0 radical (unpaired) electrons. The lowest BCUT2D eigenvalue weighted by molar-refractivity contribution is 0.392. The van der Waals surface area contributed by atoms with Gasteiger partial charge in [-0.1, -0.05) is 16.8 Å². The summed E-state index contributed by atoms with van der Waals surface area (Å²) in [7, 11) is 0. The van der Waals surface area contributed by atoms with Gasteiger partial charge in [0, 0.05) is 11.8 Å². The lowest BCUT2D eigenvalue weighted by Gasteiger charge is -2.14. The fourth-order valence-corrected chi connectivity index (χ4v) is 2.05. The lowest BCUT2D eigenvalue weighted by Crippen LogP contribution is -2.10. The Bertz CT molecular complexity index is 551. The summed E-state index contributed by atoms with van der Waals surface area (Å²) in [4.78, 5) is 3.92. The normalized spacial score (nSPS) is 12.5. The lowest BCUT2D eigenvalue weighted by atomic mass is 10.1. The van der Waals surface area contributed by atoms with E-state index < -0.39 is 5.82 Å². The van der Waals surface area contributed by atoms with Gasteiger partial charge >= 0.3 is 0 Å². The molecule has 2 heterocycles. The molecule has 0 saturated heterocycles. The van der Waals surface area contributed by atoms with Crippen LogP contribution in [0.15, 0.2) is 16.8 Å². The molecule has 1 atom stereocenters. The van der Waals surface area contributed by atoms with Crippen molar-refractivity contribution in [2.24, 2.45) is 0 Å². The molecule has 2 aromatic rings. The van der Waals surface area contributed by atoms with Gasteiger partial charge in [0.25, 0.3) is 0 Å². The number of nitrogens with zero attached hydrogens (tertiary/aromatic N) is 2. The number of nitrogens with one attached hydrogen (secondary N) is 1. The van der Waals surface area contributed by atoms with Crippen LogP contribution in [-0.2, 0) is 0 Å². The maximum atomic E-state index is 13.6. The monoisotopic (exact) mass is 269 g/mol. The van der Waals surface area contributed by atoms with Crippen LogP contribution in [0.5, 0.6) is 0 Å². The number of pyridine rings is 1. The van der Waals surface area contributed by atoms with Crippen LogP contribution < -0.4 is 5.32 Å². The first kappa shape index (κ1) is 12.8. The number of halogens is 2. The van der Waals surface area contributed by atoms with Crippen LogP contribution in [0.4, 0.5) is 10.2 Å². The summed E-state index contributed by atoms with van der Waals surface area (Å²) < 4.78 is 18.7. The first-order valence-electron chi connectivity index (χ1n) is 5.49. The Morgan fingerprint density at radius 3 is 2.72 bits per heavy atom. The molecule has 6 heteroatoms. The molecule has 0 aliphatic heterocycles. The van der Waals surface area contributed by atoms with Gasteiger partial charge < -0.3 is 9.84 Å². The second-order valence-electron chi connectivity index (χ2n) is 4.09. The minimum Gasteiger partial charge on any atom is -0.361 e. The van der Waals surface area contributed by atoms with E-state index in [0.717, 1.165) is 11.3 Å². The van der Waals surface area contributed by atoms with E-state index in [1.54, 1.807) is 0 Å². The molecule has 0 amide bonds. The van der Waals surface area contributed by atoms with Crippen LogP contribution in [0, 0.1) is 19.7 Å². The fraction of sp³-hybridized carbons (Fsp3) is 0.333. The van der Waals surface area contributed by atoms with E-state index in [1.807, 2.05) is 20.8 Å². The van der Waals surface area contributed by atoms with E-state index in [0.29, 0.717) is 5.76 Å². The maximum absolute atomic E-state index is 13.6. The summed E-state index contributed by atoms with van der Waals surface area (Å²) in [6, 6.07) is 1.07. The summed E-state index contributed by atoms with van der Waals surface area (Å²) in [6.07, 6.45) is 1.40. The standard InChI is InChI=1S/C12H13ClFN3O/c1-6(11-7(2)17-18-8(11)3)16-12-10(14)4-9(13)5-15-12/h4-6H,1-3H3,(H,15,16). The Hall–Kier alpha value is -1.62. The molecule has 0 aliphatic rings. The van der Waals surface area contributed by atoms with Crippen molar-refractivity contribution in [2.75, 3.05) is 5.32 Å². The number of aromatic nitrogens is 2. The summed E-state index contributed by atoms with van der Waals surface area (Å²) >= 11 is 5.65. The van der Waals surface area contributed by atoms with Crippen LogP contribution >= 0.6 is 11.6 Å². The highest BCUT2D eigenvalue weighted by Gasteiger charge is 2.17. The smallest absolute Gasteiger partial charge is 0.166 e. The minimum absolute atomic E-state index is 0.153. The number of aryl methyl sites for hydroxylation is 2. The molecule has 0 spiro atoms. The van der Waals surface area contributed by atoms with E-state index in [1.165, 1.54) is 12.3 Å². The number of hydrogen-bond donors (Lipinski definition) is 1. The third-order valence-corrected chi connectivity index (χ3v) is 2.89. The summed E-state index contributed by atoms with van der Waals surface area (Å²) in [5.41, 5.74) is 1.69. The second kappa shape index (κ2) is 4.94. The van der Waals surface area contributed by atoms with E-state index in [9.17, 15) is 4.39 Å². The summed E-state index contributed by atoms with van der Waals surface area (Å²) in [5.74, 6) is 0.384. The molecule has 1 N–H and O–H groups in total. The Morgan fingerprint density at radius 1 is 1.44 bits per heavy atom.